The lowest BCUT2D eigenvalue weighted by atomic mass is 9.75. The van der Waals surface area contributed by atoms with Crippen LogP contribution in [0, 0.1) is 17.8 Å². The topological polar surface area (TPSA) is 26.3 Å². The number of hydrogen-bond acceptors (Lipinski definition) is 2. The van der Waals surface area contributed by atoms with E-state index in [1.165, 1.54) is 32.1 Å². The minimum Gasteiger partial charge on any atom is -0.465 e. The van der Waals surface area contributed by atoms with Gasteiger partial charge in [-0.3, -0.25) is 4.79 Å². The molecule has 0 aliphatic heterocycles. The minimum atomic E-state index is -0.0610. The third-order valence-corrected chi connectivity index (χ3v) is 3.68. The Kier molecular flexibility index (Phi) is 3.67. The number of fused-ring (bicyclic) bond motifs is 2. The van der Waals surface area contributed by atoms with Gasteiger partial charge in [0.05, 0.1) is 12.5 Å². The summed E-state index contributed by atoms with van der Waals surface area (Å²) in [4.78, 5) is 11.4. The molecule has 0 aromatic carbocycles. The fraction of sp³-hybridized carbons (Fsp3) is 0.786. The molecule has 1 saturated carbocycles. The van der Waals surface area contributed by atoms with Crippen LogP contribution in [0.2, 0.25) is 0 Å². The molecule has 2 aliphatic carbocycles. The molecule has 2 aliphatic rings. The molecule has 0 heterocycles. The molecule has 0 saturated heterocycles. The van der Waals surface area contributed by atoms with Gasteiger partial charge in [0.15, 0.2) is 0 Å². The fourth-order valence-electron chi connectivity index (χ4n) is 2.85. The summed E-state index contributed by atoms with van der Waals surface area (Å²) in [6.45, 7) is 4.36. The zero-order valence-electron chi connectivity index (χ0n) is 10.4. The Labute approximate surface area is 98.1 Å². The van der Waals surface area contributed by atoms with Gasteiger partial charge in [0.1, 0.15) is 0 Å². The average molecular weight is 222 g/mol. The third kappa shape index (κ3) is 2.87. The standard InChI is InChI=1S/C14H22O2/c1-10(2)14(15)16-9-13-7-11-4-3-5-12(6-11)8-13/h7,10,12-13H,3-6,8-9H2,1-2H3. The van der Waals surface area contributed by atoms with Crippen LogP contribution in [-0.4, -0.2) is 12.6 Å². The first-order valence-electron chi connectivity index (χ1n) is 6.51. The van der Waals surface area contributed by atoms with Crippen molar-refractivity contribution in [2.45, 2.75) is 46.0 Å². The molecular formula is C14H22O2. The monoisotopic (exact) mass is 222 g/mol. The highest BCUT2D eigenvalue weighted by Gasteiger charge is 2.26. The van der Waals surface area contributed by atoms with E-state index in [1.807, 2.05) is 13.8 Å². The number of ether oxygens (including phenoxy) is 1. The zero-order valence-corrected chi connectivity index (χ0v) is 10.4. The molecule has 0 aromatic heterocycles. The fourth-order valence-corrected chi connectivity index (χ4v) is 2.85. The molecule has 16 heavy (non-hydrogen) atoms. The van der Waals surface area contributed by atoms with Crippen LogP contribution in [0.1, 0.15) is 46.0 Å². The quantitative estimate of drug-likeness (QED) is 0.541. The zero-order chi connectivity index (χ0) is 11.5. The number of esters is 1. The lowest BCUT2D eigenvalue weighted by Gasteiger charge is -2.32. The van der Waals surface area contributed by atoms with E-state index in [0.29, 0.717) is 12.5 Å². The molecule has 2 rings (SSSR count). The molecule has 2 heteroatoms. The summed E-state index contributed by atoms with van der Waals surface area (Å²) in [6.07, 6.45) is 8.87. The Morgan fingerprint density at radius 3 is 3.06 bits per heavy atom. The van der Waals surface area contributed by atoms with Crippen molar-refractivity contribution < 1.29 is 9.53 Å². The molecule has 0 spiro atoms. The first-order valence-corrected chi connectivity index (χ1v) is 6.51. The van der Waals surface area contributed by atoms with Gasteiger partial charge in [-0.05, 0) is 38.0 Å². The van der Waals surface area contributed by atoms with E-state index in [-0.39, 0.29) is 11.9 Å². The van der Waals surface area contributed by atoms with E-state index in [1.54, 1.807) is 5.57 Å². The van der Waals surface area contributed by atoms with Crippen LogP contribution < -0.4 is 0 Å². The summed E-state index contributed by atoms with van der Waals surface area (Å²) in [5.74, 6) is 1.28. The maximum Gasteiger partial charge on any atom is 0.308 e. The third-order valence-electron chi connectivity index (χ3n) is 3.68. The number of hydrogen-bond donors (Lipinski definition) is 0. The normalized spacial score (nSPS) is 28.8. The Bertz CT molecular complexity index is 291. The Balaban J connectivity index is 1.84. The largest absolute Gasteiger partial charge is 0.465 e. The number of carbonyl (C=O) groups excluding carboxylic acids is 1. The van der Waals surface area contributed by atoms with Gasteiger partial charge >= 0.3 is 5.97 Å². The second-order valence-corrected chi connectivity index (χ2v) is 5.57. The molecule has 2 bridgehead atoms. The highest BCUT2D eigenvalue weighted by Crippen LogP contribution is 2.38. The van der Waals surface area contributed by atoms with Crippen LogP contribution in [0.25, 0.3) is 0 Å². The maximum atomic E-state index is 11.4. The van der Waals surface area contributed by atoms with Crippen molar-refractivity contribution in [3.05, 3.63) is 11.6 Å². The highest BCUT2D eigenvalue weighted by molar-refractivity contribution is 5.71. The van der Waals surface area contributed by atoms with Gasteiger partial charge in [-0.2, -0.15) is 0 Å². The highest BCUT2D eigenvalue weighted by atomic mass is 16.5. The van der Waals surface area contributed by atoms with Gasteiger partial charge in [-0.1, -0.05) is 25.5 Å². The maximum absolute atomic E-state index is 11.4. The summed E-state index contributed by atoms with van der Waals surface area (Å²) in [7, 11) is 0. The Hall–Kier alpha value is -0.790. The summed E-state index contributed by atoms with van der Waals surface area (Å²) in [5, 5.41) is 0. The van der Waals surface area contributed by atoms with E-state index in [2.05, 4.69) is 6.08 Å². The van der Waals surface area contributed by atoms with Crippen LogP contribution in [0.5, 0.6) is 0 Å². The van der Waals surface area contributed by atoms with Gasteiger partial charge in [0, 0.05) is 5.92 Å². The van der Waals surface area contributed by atoms with Crippen LogP contribution in [0.4, 0.5) is 0 Å². The minimum absolute atomic E-state index is 0.00394. The van der Waals surface area contributed by atoms with Crippen LogP contribution >= 0.6 is 0 Å². The van der Waals surface area contributed by atoms with E-state index in [4.69, 9.17) is 4.74 Å². The first kappa shape index (κ1) is 11.7. The lowest BCUT2D eigenvalue weighted by Crippen LogP contribution is -2.24. The summed E-state index contributed by atoms with van der Waals surface area (Å²) in [5.41, 5.74) is 1.60. The van der Waals surface area contributed by atoms with Gasteiger partial charge in [0.25, 0.3) is 0 Å². The van der Waals surface area contributed by atoms with Crippen molar-refractivity contribution in [3.8, 4) is 0 Å². The molecule has 2 atom stereocenters. The second-order valence-electron chi connectivity index (χ2n) is 5.57. The van der Waals surface area contributed by atoms with Gasteiger partial charge in [-0.25, -0.2) is 0 Å². The molecule has 0 radical (unpaired) electrons. The molecule has 2 nitrogen and oxygen atoms in total. The number of rotatable bonds is 3. The molecule has 1 fully saturated rings. The van der Waals surface area contributed by atoms with E-state index < -0.39 is 0 Å². The average Bonchev–Trinajstić information content (AvgIpc) is 2.25. The molecule has 0 amide bonds. The SMILES string of the molecule is CC(C)C(=O)OCC1C=C2CCCC(C2)C1. The number of allylic oxidation sites excluding steroid dienone is 1. The van der Waals surface area contributed by atoms with Gasteiger partial charge in [-0.15, -0.1) is 0 Å². The Morgan fingerprint density at radius 1 is 1.56 bits per heavy atom. The predicted molar refractivity (Wildman–Crippen MR) is 63.9 cm³/mol. The van der Waals surface area contributed by atoms with Crippen LogP contribution in [-0.2, 0) is 9.53 Å². The van der Waals surface area contributed by atoms with Crippen molar-refractivity contribution in [1.29, 1.82) is 0 Å². The number of carbonyl (C=O) groups is 1. The summed E-state index contributed by atoms with van der Waals surface area (Å²) >= 11 is 0. The van der Waals surface area contributed by atoms with Crippen LogP contribution in [0.15, 0.2) is 11.6 Å². The predicted octanol–water partition coefficient (Wildman–Crippen LogP) is 3.32. The smallest absolute Gasteiger partial charge is 0.308 e. The van der Waals surface area contributed by atoms with E-state index in [9.17, 15) is 4.79 Å². The van der Waals surface area contributed by atoms with E-state index >= 15 is 0 Å². The van der Waals surface area contributed by atoms with Gasteiger partial charge < -0.3 is 4.74 Å². The van der Waals surface area contributed by atoms with Crippen molar-refractivity contribution in [1.82, 2.24) is 0 Å². The van der Waals surface area contributed by atoms with Crippen LogP contribution in [0.3, 0.4) is 0 Å². The first-order chi connectivity index (χ1) is 7.65. The lowest BCUT2D eigenvalue weighted by molar-refractivity contribution is -0.148. The Morgan fingerprint density at radius 2 is 2.38 bits per heavy atom. The van der Waals surface area contributed by atoms with Crippen molar-refractivity contribution >= 4 is 5.97 Å². The molecule has 90 valence electrons. The summed E-state index contributed by atoms with van der Waals surface area (Å²) < 4.78 is 5.32. The van der Waals surface area contributed by atoms with E-state index in [0.717, 1.165) is 5.92 Å². The van der Waals surface area contributed by atoms with Crippen molar-refractivity contribution in [3.63, 3.8) is 0 Å². The molecular weight excluding hydrogens is 200 g/mol. The molecule has 2 unspecified atom stereocenters. The molecule has 0 aromatic rings. The van der Waals surface area contributed by atoms with Gasteiger partial charge in [0.2, 0.25) is 0 Å². The van der Waals surface area contributed by atoms with Crippen molar-refractivity contribution in [2.24, 2.45) is 17.8 Å². The summed E-state index contributed by atoms with van der Waals surface area (Å²) in [6, 6.07) is 0. The van der Waals surface area contributed by atoms with Crippen molar-refractivity contribution in [2.75, 3.05) is 6.61 Å². The second kappa shape index (κ2) is 5.03. The molecule has 0 N–H and O–H groups in total.